The van der Waals surface area contributed by atoms with Crippen LogP contribution in [0.3, 0.4) is 0 Å². The Hall–Kier alpha value is -0.480. The van der Waals surface area contributed by atoms with Gasteiger partial charge in [-0.1, -0.05) is 0 Å². The van der Waals surface area contributed by atoms with Crippen LogP contribution in [-0.4, -0.2) is 16.0 Å². The van der Waals surface area contributed by atoms with Gasteiger partial charge >= 0.3 is 0 Å². The lowest BCUT2D eigenvalue weighted by Gasteiger charge is -1.98. The highest BCUT2D eigenvalue weighted by Crippen LogP contribution is 2.21. The lowest BCUT2D eigenvalue weighted by Crippen LogP contribution is -1.99. The quantitative estimate of drug-likeness (QED) is 0.673. The van der Waals surface area contributed by atoms with Gasteiger partial charge in [0.15, 0.2) is 0 Å². The molecular formula is C7H13N3S. The fourth-order valence-corrected chi connectivity index (χ4v) is 1.95. The van der Waals surface area contributed by atoms with E-state index in [9.17, 15) is 0 Å². The third kappa shape index (κ3) is 1.41. The van der Waals surface area contributed by atoms with Gasteiger partial charge in [-0.25, -0.2) is 0 Å². The van der Waals surface area contributed by atoms with Gasteiger partial charge in [0.25, 0.3) is 0 Å². The number of aromatic nitrogens is 2. The first kappa shape index (κ1) is 8.62. The Kier molecular flexibility index (Phi) is 2.57. The maximum absolute atomic E-state index is 5.57. The lowest BCUT2D eigenvalue weighted by molar-refractivity contribution is 0.689. The van der Waals surface area contributed by atoms with Crippen molar-refractivity contribution < 1.29 is 0 Å². The van der Waals surface area contributed by atoms with E-state index in [1.165, 1.54) is 10.6 Å². The molecule has 0 amide bonds. The molecule has 0 radical (unpaired) electrons. The minimum atomic E-state index is 0.579. The third-order valence-electron chi connectivity index (χ3n) is 1.69. The second-order valence-electron chi connectivity index (χ2n) is 2.40. The first-order valence-corrected chi connectivity index (χ1v) is 4.69. The molecule has 2 N–H and O–H groups in total. The molecule has 11 heavy (non-hydrogen) atoms. The molecule has 1 aromatic heterocycles. The monoisotopic (exact) mass is 171 g/mol. The van der Waals surface area contributed by atoms with Crippen molar-refractivity contribution in [2.75, 3.05) is 6.26 Å². The van der Waals surface area contributed by atoms with E-state index in [1.54, 1.807) is 11.8 Å². The number of aryl methyl sites for hydroxylation is 2. The molecule has 0 saturated heterocycles. The van der Waals surface area contributed by atoms with E-state index in [-0.39, 0.29) is 0 Å². The molecule has 0 bridgehead atoms. The van der Waals surface area contributed by atoms with Crippen LogP contribution in [0.1, 0.15) is 11.3 Å². The van der Waals surface area contributed by atoms with Crippen LogP contribution in [-0.2, 0) is 13.6 Å². The first-order valence-electron chi connectivity index (χ1n) is 3.47. The van der Waals surface area contributed by atoms with Crippen molar-refractivity contribution >= 4 is 11.8 Å². The van der Waals surface area contributed by atoms with Gasteiger partial charge in [0.2, 0.25) is 0 Å². The van der Waals surface area contributed by atoms with Crippen molar-refractivity contribution in [3.8, 4) is 0 Å². The summed E-state index contributed by atoms with van der Waals surface area (Å²) in [5.41, 5.74) is 7.78. The molecule has 0 aromatic carbocycles. The summed E-state index contributed by atoms with van der Waals surface area (Å²) in [6, 6.07) is 0. The van der Waals surface area contributed by atoms with Gasteiger partial charge in [-0.15, -0.1) is 11.8 Å². The van der Waals surface area contributed by atoms with Gasteiger partial charge in [-0.3, -0.25) is 4.68 Å². The van der Waals surface area contributed by atoms with Crippen LogP contribution in [0.15, 0.2) is 5.03 Å². The number of thioether (sulfide) groups is 1. The maximum atomic E-state index is 5.57. The van der Waals surface area contributed by atoms with Crippen LogP contribution >= 0.6 is 11.8 Å². The average molecular weight is 171 g/mol. The van der Waals surface area contributed by atoms with Crippen molar-refractivity contribution in [2.24, 2.45) is 12.8 Å². The zero-order chi connectivity index (χ0) is 8.43. The molecule has 62 valence electrons. The SMILES string of the molecule is CSc1c(CN)c(C)nn1C. The Bertz CT molecular complexity index is 230. The van der Waals surface area contributed by atoms with E-state index >= 15 is 0 Å². The normalized spacial score (nSPS) is 10.5. The largest absolute Gasteiger partial charge is 0.326 e. The van der Waals surface area contributed by atoms with Gasteiger partial charge in [0, 0.05) is 19.2 Å². The number of nitrogens with two attached hydrogens (primary N) is 1. The molecule has 0 saturated carbocycles. The van der Waals surface area contributed by atoms with Crippen LogP contribution in [0, 0.1) is 6.92 Å². The summed E-state index contributed by atoms with van der Waals surface area (Å²) in [7, 11) is 1.94. The predicted octanol–water partition coefficient (Wildman–Crippen LogP) is 0.909. The van der Waals surface area contributed by atoms with Gasteiger partial charge in [-0.2, -0.15) is 5.10 Å². The van der Waals surface area contributed by atoms with E-state index in [4.69, 9.17) is 5.73 Å². The number of hydrogen-bond donors (Lipinski definition) is 1. The molecule has 3 nitrogen and oxygen atoms in total. The van der Waals surface area contributed by atoms with Crippen molar-refractivity contribution in [3.05, 3.63) is 11.3 Å². The molecular weight excluding hydrogens is 158 g/mol. The molecule has 0 atom stereocenters. The summed E-state index contributed by atoms with van der Waals surface area (Å²) in [6.07, 6.45) is 2.04. The molecule has 0 aliphatic heterocycles. The van der Waals surface area contributed by atoms with Gasteiger partial charge in [-0.05, 0) is 13.2 Å². The summed E-state index contributed by atoms with van der Waals surface area (Å²) >= 11 is 1.69. The first-order chi connectivity index (χ1) is 5.20. The van der Waals surface area contributed by atoms with E-state index < -0.39 is 0 Å². The van der Waals surface area contributed by atoms with Crippen LogP contribution in [0.25, 0.3) is 0 Å². The fraction of sp³-hybridized carbons (Fsp3) is 0.571. The molecule has 0 spiro atoms. The highest BCUT2D eigenvalue weighted by Gasteiger charge is 2.09. The summed E-state index contributed by atoms with van der Waals surface area (Å²) in [5, 5.41) is 5.44. The fourth-order valence-electron chi connectivity index (χ4n) is 1.17. The van der Waals surface area contributed by atoms with Crippen LogP contribution in [0.5, 0.6) is 0 Å². The summed E-state index contributed by atoms with van der Waals surface area (Å²) in [5.74, 6) is 0. The molecule has 0 aliphatic carbocycles. The van der Waals surface area contributed by atoms with Crippen LogP contribution < -0.4 is 5.73 Å². The zero-order valence-corrected chi connectivity index (χ0v) is 7.90. The minimum Gasteiger partial charge on any atom is -0.326 e. The van der Waals surface area contributed by atoms with E-state index in [0.29, 0.717) is 6.54 Å². The molecule has 1 rings (SSSR count). The Morgan fingerprint density at radius 1 is 1.64 bits per heavy atom. The van der Waals surface area contributed by atoms with E-state index in [2.05, 4.69) is 5.10 Å². The average Bonchev–Trinajstić information content (AvgIpc) is 2.24. The molecule has 4 heteroatoms. The molecule has 1 aromatic rings. The third-order valence-corrected chi connectivity index (χ3v) is 2.58. The summed E-state index contributed by atoms with van der Waals surface area (Å²) < 4.78 is 1.88. The van der Waals surface area contributed by atoms with Crippen molar-refractivity contribution in [2.45, 2.75) is 18.5 Å². The maximum Gasteiger partial charge on any atom is 0.0981 e. The van der Waals surface area contributed by atoms with E-state index in [0.717, 1.165) is 5.69 Å². The van der Waals surface area contributed by atoms with Crippen molar-refractivity contribution in [1.29, 1.82) is 0 Å². The topological polar surface area (TPSA) is 43.8 Å². The van der Waals surface area contributed by atoms with Gasteiger partial charge in [0.1, 0.15) is 0 Å². The van der Waals surface area contributed by atoms with Crippen LogP contribution in [0.2, 0.25) is 0 Å². The zero-order valence-electron chi connectivity index (χ0n) is 7.09. The Morgan fingerprint density at radius 2 is 2.27 bits per heavy atom. The van der Waals surface area contributed by atoms with Gasteiger partial charge < -0.3 is 5.73 Å². The second-order valence-corrected chi connectivity index (χ2v) is 3.20. The number of rotatable bonds is 2. The predicted molar refractivity (Wildman–Crippen MR) is 47.6 cm³/mol. The molecule has 1 heterocycles. The Labute approximate surface area is 71.0 Å². The summed E-state index contributed by atoms with van der Waals surface area (Å²) in [6.45, 7) is 2.57. The second kappa shape index (κ2) is 3.28. The smallest absolute Gasteiger partial charge is 0.0981 e. The molecule has 0 aliphatic rings. The Balaban J connectivity index is 3.17. The highest BCUT2D eigenvalue weighted by molar-refractivity contribution is 7.98. The van der Waals surface area contributed by atoms with Crippen molar-refractivity contribution in [3.63, 3.8) is 0 Å². The highest BCUT2D eigenvalue weighted by atomic mass is 32.2. The molecule has 0 fully saturated rings. The molecule has 0 unspecified atom stereocenters. The van der Waals surface area contributed by atoms with Gasteiger partial charge in [0.05, 0.1) is 10.7 Å². The lowest BCUT2D eigenvalue weighted by atomic mass is 10.3. The standard InChI is InChI=1S/C7H13N3S/c1-5-6(4-8)7(11-3)10(2)9-5/h4,8H2,1-3H3. The number of hydrogen-bond acceptors (Lipinski definition) is 3. The van der Waals surface area contributed by atoms with Crippen LogP contribution in [0.4, 0.5) is 0 Å². The minimum absolute atomic E-state index is 0.579. The number of nitrogens with zero attached hydrogens (tertiary/aromatic N) is 2. The van der Waals surface area contributed by atoms with E-state index in [1.807, 2.05) is 24.9 Å². The summed E-state index contributed by atoms with van der Waals surface area (Å²) in [4.78, 5) is 0. The Morgan fingerprint density at radius 3 is 2.64 bits per heavy atom. The van der Waals surface area contributed by atoms with Crippen molar-refractivity contribution in [1.82, 2.24) is 9.78 Å².